The van der Waals surface area contributed by atoms with Crippen molar-refractivity contribution in [1.82, 2.24) is 5.32 Å². The van der Waals surface area contributed by atoms with Gasteiger partial charge in [0.2, 0.25) is 0 Å². The largest absolute Gasteiger partial charge is 0.381 e. The third-order valence-corrected chi connectivity index (χ3v) is 4.56. The fourth-order valence-corrected chi connectivity index (χ4v) is 2.97. The molecule has 4 heteroatoms. The summed E-state index contributed by atoms with van der Waals surface area (Å²) in [6.07, 6.45) is 1.50. The van der Waals surface area contributed by atoms with E-state index >= 15 is 0 Å². The lowest BCUT2D eigenvalue weighted by Gasteiger charge is -2.10. The monoisotopic (exact) mass is 337 g/mol. The third-order valence-electron chi connectivity index (χ3n) is 4.56. The number of ether oxygens (including phenoxy) is 1. The van der Waals surface area contributed by atoms with Gasteiger partial charge in [-0.05, 0) is 35.7 Å². The Balaban J connectivity index is 1.67. The van der Waals surface area contributed by atoms with E-state index in [1.807, 2.05) is 55.5 Å². The molecule has 25 heavy (non-hydrogen) atoms. The summed E-state index contributed by atoms with van der Waals surface area (Å²) in [5.74, 6) is 0.490. The number of rotatable bonds is 6. The van der Waals surface area contributed by atoms with Crippen molar-refractivity contribution >= 4 is 11.7 Å². The number of benzene rings is 2. The standard InChI is InChI=1S/C21H23NO3/c1-2-20(23)19-5-3-4-18(12-19)16-6-8-17(9-7-16)21(24)22-13-15-10-11-25-14-15/h3-9,12,15H,2,10-11,13-14H2,1H3,(H,22,24)/t15-/m0/s1. The quantitative estimate of drug-likeness (QED) is 0.818. The summed E-state index contributed by atoms with van der Waals surface area (Å²) < 4.78 is 5.32. The highest BCUT2D eigenvalue weighted by Crippen LogP contribution is 2.22. The first-order valence-electron chi connectivity index (χ1n) is 8.77. The van der Waals surface area contributed by atoms with Crippen LogP contribution in [0.3, 0.4) is 0 Å². The lowest BCUT2D eigenvalue weighted by atomic mass is 9.99. The number of hydrogen-bond donors (Lipinski definition) is 1. The topological polar surface area (TPSA) is 55.4 Å². The Morgan fingerprint density at radius 3 is 2.56 bits per heavy atom. The molecule has 1 aliphatic heterocycles. The zero-order chi connectivity index (χ0) is 17.6. The van der Waals surface area contributed by atoms with Crippen LogP contribution in [0.2, 0.25) is 0 Å². The van der Waals surface area contributed by atoms with E-state index in [2.05, 4.69) is 5.32 Å². The Bertz CT molecular complexity index is 746. The van der Waals surface area contributed by atoms with Gasteiger partial charge in [-0.3, -0.25) is 9.59 Å². The molecule has 1 aliphatic rings. The van der Waals surface area contributed by atoms with Crippen LogP contribution in [0.25, 0.3) is 11.1 Å². The van der Waals surface area contributed by atoms with Gasteiger partial charge >= 0.3 is 0 Å². The summed E-state index contributed by atoms with van der Waals surface area (Å²) in [7, 11) is 0. The lowest BCUT2D eigenvalue weighted by Crippen LogP contribution is -2.29. The van der Waals surface area contributed by atoms with Crippen molar-refractivity contribution in [2.75, 3.05) is 19.8 Å². The molecule has 1 saturated heterocycles. The zero-order valence-electron chi connectivity index (χ0n) is 14.5. The lowest BCUT2D eigenvalue weighted by molar-refractivity contribution is 0.0943. The van der Waals surface area contributed by atoms with Gasteiger partial charge in [0.25, 0.3) is 5.91 Å². The fourth-order valence-electron chi connectivity index (χ4n) is 2.97. The number of carbonyl (C=O) groups excluding carboxylic acids is 2. The van der Waals surface area contributed by atoms with Crippen LogP contribution >= 0.6 is 0 Å². The number of ketones is 1. The van der Waals surface area contributed by atoms with Crippen molar-refractivity contribution in [3.05, 3.63) is 59.7 Å². The SMILES string of the molecule is CCC(=O)c1cccc(-c2ccc(C(=O)NC[C@@H]3CCOC3)cc2)c1. The van der Waals surface area contributed by atoms with Gasteiger partial charge in [-0.1, -0.05) is 37.3 Å². The molecule has 1 N–H and O–H groups in total. The van der Waals surface area contributed by atoms with Gasteiger partial charge in [-0.2, -0.15) is 0 Å². The molecule has 0 radical (unpaired) electrons. The second-order valence-corrected chi connectivity index (χ2v) is 6.37. The average molecular weight is 337 g/mol. The van der Waals surface area contributed by atoms with E-state index in [9.17, 15) is 9.59 Å². The van der Waals surface area contributed by atoms with Gasteiger partial charge in [-0.25, -0.2) is 0 Å². The highest BCUT2D eigenvalue weighted by Gasteiger charge is 2.16. The van der Waals surface area contributed by atoms with Gasteiger partial charge in [0.05, 0.1) is 6.61 Å². The van der Waals surface area contributed by atoms with Crippen LogP contribution in [0.4, 0.5) is 0 Å². The van der Waals surface area contributed by atoms with Crippen LogP contribution in [-0.2, 0) is 4.74 Å². The number of Topliss-reactive ketones (excluding diaryl/α,β-unsaturated/α-hetero) is 1. The number of carbonyl (C=O) groups is 2. The summed E-state index contributed by atoms with van der Waals surface area (Å²) >= 11 is 0. The van der Waals surface area contributed by atoms with Crippen LogP contribution in [0.1, 0.15) is 40.5 Å². The Labute approximate surface area is 148 Å². The molecule has 1 fully saturated rings. The minimum atomic E-state index is -0.0617. The molecular formula is C21H23NO3. The van der Waals surface area contributed by atoms with Crippen molar-refractivity contribution in [2.45, 2.75) is 19.8 Å². The molecule has 0 unspecified atom stereocenters. The van der Waals surface area contributed by atoms with Gasteiger partial charge in [-0.15, -0.1) is 0 Å². The first-order valence-corrected chi connectivity index (χ1v) is 8.77. The smallest absolute Gasteiger partial charge is 0.251 e. The van der Waals surface area contributed by atoms with Crippen molar-refractivity contribution < 1.29 is 14.3 Å². The van der Waals surface area contributed by atoms with E-state index in [1.165, 1.54) is 0 Å². The fraction of sp³-hybridized carbons (Fsp3) is 0.333. The first-order chi connectivity index (χ1) is 12.2. The van der Waals surface area contributed by atoms with Crippen LogP contribution < -0.4 is 5.32 Å². The van der Waals surface area contributed by atoms with E-state index in [-0.39, 0.29) is 11.7 Å². The normalized spacial score (nSPS) is 16.6. The maximum atomic E-state index is 12.2. The summed E-state index contributed by atoms with van der Waals surface area (Å²) in [5.41, 5.74) is 3.34. The molecular weight excluding hydrogens is 314 g/mol. The van der Waals surface area contributed by atoms with Crippen LogP contribution in [0.15, 0.2) is 48.5 Å². The predicted octanol–water partition coefficient (Wildman–Crippen LogP) is 3.71. The molecule has 1 amide bonds. The minimum absolute atomic E-state index is 0.0617. The van der Waals surface area contributed by atoms with E-state index in [0.717, 1.165) is 36.3 Å². The number of amides is 1. The first kappa shape index (κ1) is 17.4. The molecule has 0 saturated carbocycles. The zero-order valence-corrected chi connectivity index (χ0v) is 14.5. The molecule has 0 aromatic heterocycles. The van der Waals surface area contributed by atoms with Crippen molar-refractivity contribution in [3.8, 4) is 11.1 Å². The third kappa shape index (κ3) is 4.34. The van der Waals surface area contributed by atoms with Crippen molar-refractivity contribution in [1.29, 1.82) is 0 Å². The van der Waals surface area contributed by atoms with Crippen molar-refractivity contribution in [3.63, 3.8) is 0 Å². The molecule has 0 aliphatic carbocycles. The maximum Gasteiger partial charge on any atom is 0.251 e. The van der Waals surface area contributed by atoms with Crippen LogP contribution in [0, 0.1) is 5.92 Å². The van der Waals surface area contributed by atoms with E-state index < -0.39 is 0 Å². The summed E-state index contributed by atoms with van der Waals surface area (Å²) in [5, 5.41) is 2.97. The summed E-state index contributed by atoms with van der Waals surface area (Å²) in [6.45, 7) is 4.03. The van der Waals surface area contributed by atoms with E-state index in [1.54, 1.807) is 0 Å². The maximum absolute atomic E-state index is 12.2. The molecule has 130 valence electrons. The second kappa shape index (κ2) is 8.08. The molecule has 0 spiro atoms. The summed E-state index contributed by atoms with van der Waals surface area (Å²) in [4.78, 5) is 24.1. The van der Waals surface area contributed by atoms with Gasteiger partial charge < -0.3 is 10.1 Å². The van der Waals surface area contributed by atoms with Crippen LogP contribution in [-0.4, -0.2) is 31.4 Å². The highest BCUT2D eigenvalue weighted by molar-refractivity contribution is 5.97. The number of hydrogen-bond acceptors (Lipinski definition) is 3. The predicted molar refractivity (Wildman–Crippen MR) is 97.8 cm³/mol. The van der Waals surface area contributed by atoms with Gasteiger partial charge in [0.1, 0.15) is 0 Å². The molecule has 2 aromatic rings. The second-order valence-electron chi connectivity index (χ2n) is 6.37. The Morgan fingerprint density at radius 2 is 1.88 bits per heavy atom. The van der Waals surface area contributed by atoms with E-state index in [4.69, 9.17) is 4.74 Å². The molecule has 2 aromatic carbocycles. The van der Waals surface area contributed by atoms with E-state index in [0.29, 0.717) is 24.4 Å². The number of nitrogens with one attached hydrogen (secondary N) is 1. The molecule has 3 rings (SSSR count). The molecule has 1 atom stereocenters. The molecule has 1 heterocycles. The Kier molecular flexibility index (Phi) is 5.61. The van der Waals surface area contributed by atoms with Gasteiger partial charge in [0.15, 0.2) is 5.78 Å². The van der Waals surface area contributed by atoms with Crippen LogP contribution in [0.5, 0.6) is 0 Å². The Hall–Kier alpha value is -2.46. The summed E-state index contributed by atoms with van der Waals surface area (Å²) in [6, 6.07) is 15.1. The highest BCUT2D eigenvalue weighted by atomic mass is 16.5. The minimum Gasteiger partial charge on any atom is -0.381 e. The molecule has 0 bridgehead atoms. The van der Waals surface area contributed by atoms with Crippen molar-refractivity contribution in [2.24, 2.45) is 5.92 Å². The molecule has 4 nitrogen and oxygen atoms in total. The Morgan fingerprint density at radius 1 is 1.08 bits per heavy atom. The average Bonchev–Trinajstić information content (AvgIpc) is 3.19. The van der Waals surface area contributed by atoms with Gasteiger partial charge in [0, 0.05) is 36.6 Å².